The molecule has 0 saturated heterocycles. The number of likely N-dealkylation sites (N-methyl/N-ethyl adjacent to an activating group) is 2. The van der Waals surface area contributed by atoms with Crippen molar-refractivity contribution in [2.45, 2.75) is 71.4 Å². The lowest BCUT2D eigenvalue weighted by Crippen LogP contribution is -2.54. The van der Waals surface area contributed by atoms with E-state index in [2.05, 4.69) is 38.0 Å². The van der Waals surface area contributed by atoms with Gasteiger partial charge in [0.2, 0.25) is 0 Å². The average Bonchev–Trinajstić information content (AvgIpc) is 2.37. The lowest BCUT2D eigenvalue weighted by molar-refractivity contribution is 0.0641. The Morgan fingerprint density at radius 2 is 1.89 bits per heavy atom. The van der Waals surface area contributed by atoms with E-state index in [9.17, 15) is 0 Å². The molecule has 19 heavy (non-hydrogen) atoms. The van der Waals surface area contributed by atoms with Gasteiger partial charge < -0.3 is 5.32 Å². The summed E-state index contributed by atoms with van der Waals surface area (Å²) in [7, 11) is 2.16. The van der Waals surface area contributed by atoms with Crippen molar-refractivity contribution in [3.05, 3.63) is 0 Å². The first-order valence-corrected chi connectivity index (χ1v) is 8.57. The maximum atomic E-state index is 3.60. The van der Waals surface area contributed by atoms with Gasteiger partial charge in [-0.05, 0) is 63.5 Å². The highest BCUT2D eigenvalue weighted by Gasteiger charge is 2.35. The van der Waals surface area contributed by atoms with E-state index in [-0.39, 0.29) is 0 Å². The van der Waals surface area contributed by atoms with Gasteiger partial charge in [0.05, 0.1) is 0 Å². The second kappa shape index (κ2) is 7.08. The molecule has 2 aliphatic carbocycles. The van der Waals surface area contributed by atoms with Crippen molar-refractivity contribution in [3.63, 3.8) is 0 Å². The summed E-state index contributed by atoms with van der Waals surface area (Å²) in [5.41, 5.74) is 0. The van der Waals surface area contributed by atoms with Crippen molar-refractivity contribution in [1.82, 2.24) is 10.2 Å². The third kappa shape index (κ3) is 3.72. The first kappa shape index (κ1) is 15.3. The van der Waals surface area contributed by atoms with Crippen LogP contribution >= 0.6 is 0 Å². The van der Waals surface area contributed by atoms with Gasteiger partial charge in [0.25, 0.3) is 0 Å². The quantitative estimate of drug-likeness (QED) is 0.791. The Bertz CT molecular complexity index is 260. The van der Waals surface area contributed by atoms with Crippen LogP contribution in [0.15, 0.2) is 0 Å². The van der Waals surface area contributed by atoms with Gasteiger partial charge >= 0.3 is 0 Å². The van der Waals surface area contributed by atoms with E-state index in [0.29, 0.717) is 0 Å². The normalized spacial score (nSPS) is 32.8. The van der Waals surface area contributed by atoms with Gasteiger partial charge in [-0.3, -0.25) is 4.90 Å². The van der Waals surface area contributed by atoms with Gasteiger partial charge in [0.15, 0.2) is 0 Å². The molecule has 0 heterocycles. The third-order valence-corrected chi connectivity index (χ3v) is 5.76. The largest absolute Gasteiger partial charge is 0.315 e. The zero-order chi connectivity index (χ0) is 13.8. The van der Waals surface area contributed by atoms with E-state index in [1.807, 2.05) is 0 Å². The summed E-state index contributed by atoms with van der Waals surface area (Å²) in [6.07, 6.45) is 8.61. The Kier molecular flexibility index (Phi) is 5.70. The lowest BCUT2D eigenvalue weighted by atomic mass is 9.75. The number of rotatable bonds is 6. The predicted octanol–water partition coefficient (Wildman–Crippen LogP) is 3.52. The third-order valence-electron chi connectivity index (χ3n) is 5.76. The molecule has 1 N–H and O–H groups in total. The topological polar surface area (TPSA) is 15.3 Å². The molecule has 0 radical (unpaired) electrons. The molecule has 2 rings (SSSR count). The van der Waals surface area contributed by atoms with Crippen molar-refractivity contribution in [1.29, 1.82) is 0 Å². The maximum Gasteiger partial charge on any atom is 0.0251 e. The van der Waals surface area contributed by atoms with Crippen LogP contribution in [0.4, 0.5) is 0 Å². The standard InChI is InChI=1S/C17H34N2/c1-5-19(12-14-7-6-8-14)17-11-15(13(2)3)9-10-16(17)18-4/h13-18H,5-12H2,1-4H3. The summed E-state index contributed by atoms with van der Waals surface area (Å²) >= 11 is 0. The van der Waals surface area contributed by atoms with E-state index in [1.54, 1.807) is 0 Å². The van der Waals surface area contributed by atoms with E-state index in [1.165, 1.54) is 51.6 Å². The van der Waals surface area contributed by atoms with E-state index >= 15 is 0 Å². The molecule has 2 nitrogen and oxygen atoms in total. The van der Waals surface area contributed by atoms with E-state index in [0.717, 1.165) is 29.8 Å². The molecule has 0 amide bonds. The molecular weight excluding hydrogens is 232 g/mol. The maximum absolute atomic E-state index is 3.60. The van der Waals surface area contributed by atoms with Gasteiger partial charge in [-0.1, -0.05) is 27.2 Å². The van der Waals surface area contributed by atoms with Crippen molar-refractivity contribution in [2.75, 3.05) is 20.1 Å². The van der Waals surface area contributed by atoms with Crippen molar-refractivity contribution in [3.8, 4) is 0 Å². The molecule has 0 aromatic carbocycles. The van der Waals surface area contributed by atoms with Crippen LogP contribution in [-0.2, 0) is 0 Å². The smallest absolute Gasteiger partial charge is 0.0251 e. The van der Waals surface area contributed by atoms with Gasteiger partial charge in [-0.2, -0.15) is 0 Å². The molecule has 2 aliphatic rings. The highest BCUT2D eigenvalue weighted by Crippen LogP contribution is 2.34. The molecule has 2 fully saturated rings. The van der Waals surface area contributed by atoms with Crippen LogP contribution in [0.1, 0.15) is 59.3 Å². The molecule has 0 spiro atoms. The molecule has 3 atom stereocenters. The molecule has 0 aromatic heterocycles. The Hall–Kier alpha value is -0.0800. The van der Waals surface area contributed by atoms with Gasteiger partial charge in [-0.15, -0.1) is 0 Å². The summed E-state index contributed by atoms with van der Waals surface area (Å²) in [5, 5.41) is 3.60. The average molecular weight is 266 g/mol. The van der Waals surface area contributed by atoms with Crippen LogP contribution in [0.25, 0.3) is 0 Å². The molecule has 2 heteroatoms. The van der Waals surface area contributed by atoms with Crippen LogP contribution in [0.2, 0.25) is 0 Å². The van der Waals surface area contributed by atoms with Crippen LogP contribution in [-0.4, -0.2) is 37.1 Å². The Morgan fingerprint density at radius 3 is 2.37 bits per heavy atom. The molecule has 112 valence electrons. The fraction of sp³-hybridized carbons (Fsp3) is 1.00. The van der Waals surface area contributed by atoms with Crippen molar-refractivity contribution >= 4 is 0 Å². The molecule has 3 unspecified atom stereocenters. The minimum atomic E-state index is 0.718. The molecule has 2 saturated carbocycles. The summed E-state index contributed by atoms with van der Waals surface area (Å²) in [6, 6.07) is 1.49. The SMILES string of the molecule is CCN(CC1CCC1)C1CC(C(C)C)CCC1NC. The second-order valence-electron chi connectivity index (χ2n) is 7.16. The van der Waals surface area contributed by atoms with Crippen LogP contribution in [0, 0.1) is 17.8 Å². The Labute approximate surface area is 120 Å². The fourth-order valence-electron chi connectivity index (χ4n) is 4.03. The summed E-state index contributed by atoms with van der Waals surface area (Å²) in [5.74, 6) is 2.78. The summed E-state index contributed by atoms with van der Waals surface area (Å²) < 4.78 is 0. The summed E-state index contributed by atoms with van der Waals surface area (Å²) in [6.45, 7) is 9.74. The van der Waals surface area contributed by atoms with Crippen LogP contribution < -0.4 is 5.32 Å². The van der Waals surface area contributed by atoms with Crippen molar-refractivity contribution < 1.29 is 0 Å². The van der Waals surface area contributed by atoms with Gasteiger partial charge in [0, 0.05) is 18.6 Å². The lowest BCUT2D eigenvalue weighted by Gasteiger charge is -2.45. The number of hydrogen-bond donors (Lipinski definition) is 1. The zero-order valence-corrected chi connectivity index (χ0v) is 13.5. The van der Waals surface area contributed by atoms with Gasteiger partial charge in [-0.25, -0.2) is 0 Å². The first-order valence-electron chi connectivity index (χ1n) is 8.57. The van der Waals surface area contributed by atoms with E-state index in [4.69, 9.17) is 0 Å². The molecule has 0 aliphatic heterocycles. The number of hydrogen-bond acceptors (Lipinski definition) is 2. The first-order chi connectivity index (χ1) is 9.15. The van der Waals surface area contributed by atoms with Crippen LogP contribution in [0.3, 0.4) is 0 Å². The predicted molar refractivity (Wildman–Crippen MR) is 83.4 cm³/mol. The van der Waals surface area contributed by atoms with E-state index < -0.39 is 0 Å². The number of nitrogens with one attached hydrogen (secondary N) is 1. The monoisotopic (exact) mass is 266 g/mol. The molecule has 0 aromatic rings. The molecule has 0 bridgehead atoms. The Morgan fingerprint density at radius 1 is 1.16 bits per heavy atom. The highest BCUT2D eigenvalue weighted by atomic mass is 15.2. The Balaban J connectivity index is 1.97. The fourth-order valence-corrected chi connectivity index (χ4v) is 4.03. The summed E-state index contributed by atoms with van der Waals surface area (Å²) in [4.78, 5) is 2.79. The highest BCUT2D eigenvalue weighted by molar-refractivity contribution is 4.92. The zero-order valence-electron chi connectivity index (χ0n) is 13.5. The minimum Gasteiger partial charge on any atom is -0.315 e. The van der Waals surface area contributed by atoms with Gasteiger partial charge in [0.1, 0.15) is 0 Å². The second-order valence-corrected chi connectivity index (χ2v) is 7.16. The number of nitrogens with zero attached hydrogens (tertiary/aromatic N) is 1. The molecular formula is C17H34N2. The van der Waals surface area contributed by atoms with Crippen molar-refractivity contribution in [2.24, 2.45) is 17.8 Å². The van der Waals surface area contributed by atoms with Crippen LogP contribution in [0.5, 0.6) is 0 Å². The minimum absolute atomic E-state index is 0.718.